The fourth-order valence-electron chi connectivity index (χ4n) is 3.05. The molecule has 0 saturated carbocycles. The molecule has 1 aliphatic rings. The number of alkyl halides is 3. The molecule has 28 heavy (non-hydrogen) atoms. The zero-order valence-electron chi connectivity index (χ0n) is 15.0. The lowest BCUT2D eigenvalue weighted by Gasteiger charge is -2.25. The van der Waals surface area contributed by atoms with Crippen molar-refractivity contribution in [3.8, 4) is 11.5 Å². The molecular formula is C17H18ClF3N4O3. The van der Waals surface area contributed by atoms with Crippen molar-refractivity contribution in [2.24, 2.45) is 0 Å². The summed E-state index contributed by atoms with van der Waals surface area (Å²) in [5.74, 6) is -0.140. The lowest BCUT2D eigenvalue weighted by atomic mass is 10.2. The minimum atomic E-state index is -4.73. The molecule has 0 radical (unpaired) electrons. The van der Waals surface area contributed by atoms with Crippen molar-refractivity contribution in [2.45, 2.75) is 44.8 Å². The fraction of sp³-hybridized carbons (Fsp3) is 0.471. The third kappa shape index (κ3) is 4.93. The molecule has 0 unspecified atom stereocenters. The number of aromatic nitrogens is 2. The molecule has 0 spiro atoms. The van der Waals surface area contributed by atoms with E-state index < -0.39 is 18.5 Å². The van der Waals surface area contributed by atoms with Crippen LogP contribution in [0.4, 0.5) is 19.2 Å². The summed E-state index contributed by atoms with van der Waals surface area (Å²) < 4.78 is 46.7. The highest BCUT2D eigenvalue weighted by Crippen LogP contribution is 2.28. The van der Waals surface area contributed by atoms with Crippen molar-refractivity contribution in [3.63, 3.8) is 0 Å². The van der Waals surface area contributed by atoms with E-state index >= 15 is 0 Å². The third-order valence-corrected chi connectivity index (χ3v) is 4.60. The Morgan fingerprint density at radius 2 is 2.04 bits per heavy atom. The van der Waals surface area contributed by atoms with Crippen LogP contribution in [0.5, 0.6) is 0 Å². The van der Waals surface area contributed by atoms with Crippen molar-refractivity contribution in [3.05, 3.63) is 29.3 Å². The molecule has 11 heteroatoms. The molecule has 0 bridgehead atoms. The van der Waals surface area contributed by atoms with Gasteiger partial charge in [-0.3, -0.25) is 9.53 Å². The summed E-state index contributed by atoms with van der Waals surface area (Å²) in [6.07, 6.45) is -5.69. The Balaban J connectivity index is 1.61. The van der Waals surface area contributed by atoms with Crippen molar-refractivity contribution in [1.29, 1.82) is 0 Å². The Labute approximate surface area is 163 Å². The number of carbonyl (C=O) groups excluding carboxylic acids is 1. The normalized spacial score (nSPS) is 21.0. The van der Waals surface area contributed by atoms with Gasteiger partial charge < -0.3 is 14.6 Å². The Morgan fingerprint density at radius 3 is 2.68 bits per heavy atom. The van der Waals surface area contributed by atoms with E-state index in [1.807, 2.05) is 0 Å². The number of benzene rings is 1. The summed E-state index contributed by atoms with van der Waals surface area (Å²) in [6, 6.07) is 5.65. The largest absolute Gasteiger partial charge is 0.522 e. The molecule has 0 aliphatic carbocycles. The summed E-state index contributed by atoms with van der Waals surface area (Å²) in [5, 5.41) is 11.1. The molecule has 1 aliphatic heterocycles. The van der Waals surface area contributed by atoms with Crippen molar-refractivity contribution >= 4 is 23.5 Å². The number of anilines is 1. The van der Waals surface area contributed by atoms with E-state index in [4.69, 9.17) is 16.0 Å². The van der Waals surface area contributed by atoms with Gasteiger partial charge in [-0.2, -0.15) is 0 Å². The average molecular weight is 419 g/mol. The fourth-order valence-corrected chi connectivity index (χ4v) is 3.18. The van der Waals surface area contributed by atoms with E-state index in [0.29, 0.717) is 10.6 Å². The van der Waals surface area contributed by atoms with Gasteiger partial charge in [-0.25, -0.2) is 0 Å². The summed E-state index contributed by atoms with van der Waals surface area (Å²) in [4.78, 5) is 14.0. The summed E-state index contributed by atoms with van der Waals surface area (Å²) >= 11 is 5.84. The number of rotatable bonds is 5. The van der Waals surface area contributed by atoms with Crippen LogP contribution in [0.3, 0.4) is 0 Å². The van der Waals surface area contributed by atoms with E-state index in [9.17, 15) is 18.0 Å². The number of nitrogens with zero attached hydrogens (tertiary/aromatic N) is 3. The Morgan fingerprint density at radius 1 is 1.36 bits per heavy atom. The number of hydrogen-bond acceptors (Lipinski definition) is 6. The van der Waals surface area contributed by atoms with E-state index in [-0.39, 0.29) is 36.8 Å². The van der Waals surface area contributed by atoms with Gasteiger partial charge in [-0.1, -0.05) is 16.7 Å². The monoisotopic (exact) mass is 418 g/mol. The number of likely N-dealkylation sites (tertiary alicyclic amines) is 1. The van der Waals surface area contributed by atoms with Crippen LogP contribution in [0.25, 0.3) is 11.5 Å². The predicted octanol–water partition coefficient (Wildman–Crippen LogP) is 3.72. The maximum absolute atomic E-state index is 12.6. The molecule has 2 heterocycles. The van der Waals surface area contributed by atoms with Crippen LogP contribution in [-0.2, 0) is 9.53 Å². The Bertz CT molecular complexity index is 828. The van der Waals surface area contributed by atoms with Crippen LogP contribution in [0.1, 0.15) is 20.3 Å². The quantitative estimate of drug-likeness (QED) is 0.797. The first-order valence-electron chi connectivity index (χ1n) is 8.53. The zero-order chi connectivity index (χ0) is 20.5. The second-order valence-corrected chi connectivity index (χ2v) is 6.98. The minimum absolute atomic E-state index is 0.0285. The topological polar surface area (TPSA) is 80.5 Å². The number of halogens is 4. The van der Waals surface area contributed by atoms with Gasteiger partial charge in [0.15, 0.2) is 0 Å². The highest BCUT2D eigenvalue weighted by molar-refractivity contribution is 6.30. The summed E-state index contributed by atoms with van der Waals surface area (Å²) in [6.45, 7) is 3.11. The lowest BCUT2D eigenvalue weighted by Crippen LogP contribution is -2.43. The smallest absolute Gasteiger partial charge is 0.403 e. The molecule has 2 aromatic rings. The first-order chi connectivity index (χ1) is 13.1. The van der Waals surface area contributed by atoms with Crippen molar-refractivity contribution in [1.82, 2.24) is 15.1 Å². The molecule has 1 N–H and O–H groups in total. The van der Waals surface area contributed by atoms with Gasteiger partial charge >= 0.3 is 12.4 Å². The second kappa shape index (κ2) is 7.96. The number of carbonyl (C=O) groups is 1. The van der Waals surface area contributed by atoms with Gasteiger partial charge in [0.25, 0.3) is 0 Å². The summed E-state index contributed by atoms with van der Waals surface area (Å²) in [7, 11) is 0. The standard InChI is InChI=1S/C17H18ClF3N4O3/c1-9-7-13(28-17(19,20)21)8-25(9)15(26)10(2)22-16-24-23-14(27-16)11-3-5-12(18)6-4-11/h3-6,9-10,13H,7-8H2,1-2H3,(H,22,24)/t9-,10+,13-/m0/s1. The van der Waals surface area contributed by atoms with E-state index in [0.717, 1.165) is 0 Å². The number of ether oxygens (including phenoxy) is 1. The first kappa shape index (κ1) is 20.4. The molecule has 1 aromatic heterocycles. The zero-order valence-corrected chi connectivity index (χ0v) is 15.8. The predicted molar refractivity (Wildman–Crippen MR) is 94.5 cm³/mol. The maximum Gasteiger partial charge on any atom is 0.522 e. The van der Waals surface area contributed by atoms with Gasteiger partial charge in [0.1, 0.15) is 6.04 Å². The van der Waals surface area contributed by atoms with E-state index in [1.165, 1.54) is 4.90 Å². The lowest BCUT2D eigenvalue weighted by molar-refractivity contribution is -0.340. The molecule has 152 valence electrons. The van der Waals surface area contributed by atoms with Gasteiger partial charge in [-0.15, -0.1) is 18.3 Å². The Hall–Kier alpha value is -2.33. The maximum atomic E-state index is 12.6. The summed E-state index contributed by atoms with van der Waals surface area (Å²) in [5.41, 5.74) is 0.657. The van der Waals surface area contributed by atoms with E-state index in [1.54, 1.807) is 38.1 Å². The highest BCUT2D eigenvalue weighted by Gasteiger charge is 2.41. The average Bonchev–Trinajstić information content (AvgIpc) is 3.20. The molecule has 1 saturated heterocycles. The van der Waals surface area contributed by atoms with Crippen LogP contribution < -0.4 is 5.32 Å². The first-order valence-corrected chi connectivity index (χ1v) is 8.91. The molecule has 1 amide bonds. The third-order valence-electron chi connectivity index (χ3n) is 4.35. The Kier molecular flexibility index (Phi) is 5.80. The van der Waals surface area contributed by atoms with Gasteiger partial charge in [-0.05, 0) is 44.5 Å². The molecule has 3 rings (SSSR count). The number of amides is 1. The molecule has 3 atom stereocenters. The van der Waals surface area contributed by atoms with Gasteiger partial charge in [0, 0.05) is 23.2 Å². The van der Waals surface area contributed by atoms with Gasteiger partial charge in [0.05, 0.1) is 6.10 Å². The highest BCUT2D eigenvalue weighted by atomic mass is 35.5. The van der Waals surface area contributed by atoms with Crippen LogP contribution in [-0.4, -0.2) is 52.1 Å². The van der Waals surface area contributed by atoms with Crippen molar-refractivity contribution < 1.29 is 27.1 Å². The van der Waals surface area contributed by atoms with Crippen LogP contribution >= 0.6 is 11.6 Å². The SMILES string of the molecule is C[C@@H](Nc1nnc(-c2ccc(Cl)cc2)o1)C(=O)N1C[C@@H](OC(F)(F)F)C[C@@H]1C. The number of hydrogen-bond donors (Lipinski definition) is 1. The van der Waals surface area contributed by atoms with Crippen LogP contribution in [0.15, 0.2) is 28.7 Å². The van der Waals surface area contributed by atoms with Crippen LogP contribution in [0.2, 0.25) is 5.02 Å². The van der Waals surface area contributed by atoms with E-state index in [2.05, 4.69) is 20.3 Å². The van der Waals surface area contributed by atoms with Crippen molar-refractivity contribution in [2.75, 3.05) is 11.9 Å². The molecule has 7 nitrogen and oxygen atoms in total. The number of nitrogens with one attached hydrogen (secondary N) is 1. The van der Waals surface area contributed by atoms with Crippen LogP contribution in [0, 0.1) is 0 Å². The molecular weight excluding hydrogens is 401 g/mol. The second-order valence-electron chi connectivity index (χ2n) is 6.55. The minimum Gasteiger partial charge on any atom is -0.403 e. The van der Waals surface area contributed by atoms with Gasteiger partial charge in [0.2, 0.25) is 11.8 Å². The molecule has 1 aromatic carbocycles. The molecule has 1 fully saturated rings.